The van der Waals surface area contributed by atoms with E-state index in [1.54, 1.807) is 6.20 Å². The summed E-state index contributed by atoms with van der Waals surface area (Å²) in [6.07, 6.45) is 2.84. The van der Waals surface area contributed by atoms with Crippen molar-refractivity contribution >= 4 is 11.6 Å². The molecule has 0 bridgehead atoms. The molecule has 0 aliphatic carbocycles. The number of H-pyrrole nitrogens is 1. The Labute approximate surface area is 112 Å². The molecule has 19 heavy (non-hydrogen) atoms. The van der Waals surface area contributed by atoms with Crippen LogP contribution in [0, 0.1) is 0 Å². The van der Waals surface area contributed by atoms with Crippen LogP contribution in [0.5, 0.6) is 0 Å². The van der Waals surface area contributed by atoms with Crippen LogP contribution in [-0.2, 0) is 4.79 Å². The molecule has 0 spiro atoms. The van der Waals surface area contributed by atoms with Gasteiger partial charge in [0.15, 0.2) is 0 Å². The molecule has 0 radical (unpaired) electrons. The highest BCUT2D eigenvalue weighted by Crippen LogP contribution is 2.18. The molecule has 5 heteroatoms. The Bertz CT molecular complexity index is 517. The van der Waals surface area contributed by atoms with Gasteiger partial charge < -0.3 is 11.1 Å². The molecule has 0 saturated heterocycles. The van der Waals surface area contributed by atoms with Gasteiger partial charge in [0.25, 0.3) is 0 Å². The Morgan fingerprint density at radius 1 is 1.37 bits per heavy atom. The van der Waals surface area contributed by atoms with E-state index in [4.69, 9.17) is 5.73 Å². The van der Waals surface area contributed by atoms with Gasteiger partial charge in [0, 0.05) is 24.3 Å². The Kier molecular flexibility index (Phi) is 4.30. The zero-order chi connectivity index (χ0) is 13.7. The number of carbonyl (C=O) groups excluding carboxylic acids is 1. The van der Waals surface area contributed by atoms with Crippen molar-refractivity contribution in [3.05, 3.63) is 36.5 Å². The number of amides is 1. The molecule has 0 saturated carbocycles. The van der Waals surface area contributed by atoms with E-state index in [0.29, 0.717) is 12.8 Å². The zero-order valence-corrected chi connectivity index (χ0v) is 10.9. The second-order valence-electron chi connectivity index (χ2n) is 4.61. The highest BCUT2D eigenvalue weighted by molar-refractivity contribution is 5.90. The average molecular weight is 258 g/mol. The van der Waals surface area contributed by atoms with E-state index in [0.717, 1.165) is 16.9 Å². The summed E-state index contributed by atoms with van der Waals surface area (Å²) in [5.41, 5.74) is 8.40. The van der Waals surface area contributed by atoms with Crippen LogP contribution in [0.15, 0.2) is 36.5 Å². The third-order valence-electron chi connectivity index (χ3n) is 2.81. The highest BCUT2D eigenvalue weighted by Gasteiger charge is 2.05. The van der Waals surface area contributed by atoms with Crippen molar-refractivity contribution in [2.45, 2.75) is 25.8 Å². The van der Waals surface area contributed by atoms with Crippen molar-refractivity contribution in [1.82, 2.24) is 10.2 Å². The number of benzene rings is 1. The molecular weight excluding hydrogens is 240 g/mol. The fourth-order valence-corrected chi connectivity index (χ4v) is 1.73. The molecule has 1 aromatic carbocycles. The van der Waals surface area contributed by atoms with Crippen LogP contribution >= 0.6 is 0 Å². The number of carbonyl (C=O) groups is 1. The molecular formula is C14H18N4O. The molecule has 1 aromatic heterocycles. The maximum atomic E-state index is 11.6. The number of aromatic amines is 1. The molecule has 100 valence electrons. The number of nitrogens with two attached hydrogens (primary N) is 1. The molecule has 2 rings (SSSR count). The zero-order valence-electron chi connectivity index (χ0n) is 10.9. The highest BCUT2D eigenvalue weighted by atomic mass is 16.1. The molecule has 4 N–H and O–H groups in total. The van der Waals surface area contributed by atoms with Gasteiger partial charge in [0.2, 0.25) is 5.91 Å². The average Bonchev–Trinajstić information content (AvgIpc) is 2.91. The number of hydrogen-bond acceptors (Lipinski definition) is 3. The van der Waals surface area contributed by atoms with Crippen LogP contribution in [0.1, 0.15) is 19.8 Å². The van der Waals surface area contributed by atoms with Crippen molar-refractivity contribution in [2.75, 3.05) is 5.32 Å². The Balaban J connectivity index is 1.94. The van der Waals surface area contributed by atoms with Crippen LogP contribution in [0.25, 0.3) is 11.3 Å². The van der Waals surface area contributed by atoms with Crippen molar-refractivity contribution in [2.24, 2.45) is 5.73 Å². The second kappa shape index (κ2) is 6.15. The molecule has 0 aliphatic rings. The first-order valence-corrected chi connectivity index (χ1v) is 6.30. The minimum atomic E-state index is -0.00779. The van der Waals surface area contributed by atoms with Crippen molar-refractivity contribution < 1.29 is 4.79 Å². The number of hydrogen-bond donors (Lipinski definition) is 3. The van der Waals surface area contributed by atoms with Crippen molar-refractivity contribution in [1.29, 1.82) is 0 Å². The summed E-state index contributed by atoms with van der Waals surface area (Å²) in [4.78, 5) is 11.6. The first-order valence-electron chi connectivity index (χ1n) is 6.30. The van der Waals surface area contributed by atoms with Crippen molar-refractivity contribution in [3.63, 3.8) is 0 Å². The molecule has 1 heterocycles. The van der Waals surface area contributed by atoms with Gasteiger partial charge in [-0.1, -0.05) is 12.1 Å². The number of anilines is 1. The fraction of sp³-hybridized carbons (Fsp3) is 0.286. The topological polar surface area (TPSA) is 83.8 Å². The minimum Gasteiger partial charge on any atom is -0.328 e. The van der Waals surface area contributed by atoms with E-state index in [2.05, 4.69) is 15.5 Å². The normalized spacial score (nSPS) is 12.1. The molecule has 5 nitrogen and oxygen atoms in total. The molecule has 0 aliphatic heterocycles. The van der Waals surface area contributed by atoms with Crippen LogP contribution in [0.3, 0.4) is 0 Å². The van der Waals surface area contributed by atoms with Gasteiger partial charge in [-0.3, -0.25) is 9.89 Å². The second-order valence-corrected chi connectivity index (χ2v) is 4.61. The summed E-state index contributed by atoms with van der Waals surface area (Å²) in [5, 5.41) is 9.65. The number of rotatable bonds is 5. The van der Waals surface area contributed by atoms with E-state index in [1.807, 2.05) is 37.3 Å². The van der Waals surface area contributed by atoms with Crippen LogP contribution in [-0.4, -0.2) is 22.1 Å². The fourth-order valence-electron chi connectivity index (χ4n) is 1.73. The van der Waals surface area contributed by atoms with E-state index in [1.165, 1.54) is 0 Å². The van der Waals surface area contributed by atoms with Gasteiger partial charge in [-0.15, -0.1) is 0 Å². The van der Waals surface area contributed by atoms with Crippen LogP contribution in [0.2, 0.25) is 0 Å². The first kappa shape index (κ1) is 13.3. The lowest BCUT2D eigenvalue weighted by Gasteiger charge is -2.07. The molecule has 1 atom stereocenters. The predicted octanol–water partition coefficient (Wildman–Crippen LogP) is 2.14. The maximum absolute atomic E-state index is 11.6. The van der Waals surface area contributed by atoms with E-state index >= 15 is 0 Å². The number of nitrogens with one attached hydrogen (secondary N) is 2. The summed E-state index contributed by atoms with van der Waals surface area (Å²) in [5.74, 6) is -0.00779. The summed E-state index contributed by atoms with van der Waals surface area (Å²) >= 11 is 0. The lowest BCUT2D eigenvalue weighted by Crippen LogP contribution is -2.19. The standard InChI is InChI=1S/C14H18N4O/c1-10(15)2-7-14(19)17-12-5-3-11(4-6-12)13-8-9-16-18-13/h3-6,8-10H,2,7,15H2,1H3,(H,16,18)(H,17,19). The van der Waals surface area contributed by atoms with Gasteiger partial charge in [-0.2, -0.15) is 5.10 Å². The molecule has 1 amide bonds. The number of aromatic nitrogens is 2. The lowest BCUT2D eigenvalue weighted by atomic mass is 10.1. The largest absolute Gasteiger partial charge is 0.328 e. The maximum Gasteiger partial charge on any atom is 0.224 e. The Morgan fingerprint density at radius 2 is 2.11 bits per heavy atom. The predicted molar refractivity (Wildman–Crippen MR) is 75.5 cm³/mol. The Morgan fingerprint density at radius 3 is 2.68 bits per heavy atom. The molecule has 1 unspecified atom stereocenters. The minimum absolute atomic E-state index is 0.00779. The summed E-state index contributed by atoms with van der Waals surface area (Å²) < 4.78 is 0. The van der Waals surface area contributed by atoms with Gasteiger partial charge >= 0.3 is 0 Å². The molecule has 0 fully saturated rings. The quantitative estimate of drug-likeness (QED) is 0.768. The van der Waals surface area contributed by atoms with Crippen LogP contribution < -0.4 is 11.1 Å². The first-order chi connectivity index (χ1) is 9.15. The van der Waals surface area contributed by atoms with Gasteiger partial charge in [0.05, 0.1) is 5.69 Å². The smallest absolute Gasteiger partial charge is 0.224 e. The van der Waals surface area contributed by atoms with Gasteiger partial charge in [0.1, 0.15) is 0 Å². The third kappa shape index (κ3) is 3.93. The monoisotopic (exact) mass is 258 g/mol. The summed E-state index contributed by atoms with van der Waals surface area (Å²) in [6, 6.07) is 9.58. The summed E-state index contributed by atoms with van der Waals surface area (Å²) in [6.45, 7) is 1.90. The van der Waals surface area contributed by atoms with E-state index in [-0.39, 0.29) is 11.9 Å². The Hall–Kier alpha value is -2.14. The van der Waals surface area contributed by atoms with E-state index < -0.39 is 0 Å². The van der Waals surface area contributed by atoms with Crippen molar-refractivity contribution in [3.8, 4) is 11.3 Å². The number of nitrogens with zero attached hydrogens (tertiary/aromatic N) is 1. The van der Waals surface area contributed by atoms with E-state index in [9.17, 15) is 4.79 Å². The third-order valence-corrected chi connectivity index (χ3v) is 2.81. The summed E-state index contributed by atoms with van der Waals surface area (Å²) in [7, 11) is 0. The SMILES string of the molecule is CC(N)CCC(=O)Nc1ccc(-c2ccn[nH]2)cc1. The van der Waals surface area contributed by atoms with Gasteiger partial charge in [-0.05, 0) is 37.1 Å². The lowest BCUT2D eigenvalue weighted by molar-refractivity contribution is -0.116. The van der Waals surface area contributed by atoms with Gasteiger partial charge in [-0.25, -0.2) is 0 Å². The van der Waals surface area contributed by atoms with Crippen LogP contribution in [0.4, 0.5) is 5.69 Å². The molecule has 2 aromatic rings.